The van der Waals surface area contributed by atoms with Gasteiger partial charge in [-0.3, -0.25) is 14.4 Å². The number of benzene rings is 1. The Bertz CT molecular complexity index is 1410. The van der Waals surface area contributed by atoms with Gasteiger partial charge in [-0.15, -0.1) is 0 Å². The highest BCUT2D eigenvalue weighted by molar-refractivity contribution is 6.42. The highest BCUT2D eigenvalue weighted by Gasteiger charge is 2.42. The molecule has 1 aromatic heterocycles. The molecule has 0 spiro atoms. The molecule has 2 aliphatic rings. The maximum Gasteiger partial charge on any atom is 0.410 e. The van der Waals surface area contributed by atoms with Crippen LogP contribution in [0.1, 0.15) is 81.5 Å². The van der Waals surface area contributed by atoms with Gasteiger partial charge in [0.2, 0.25) is 5.91 Å². The molecule has 3 atom stereocenters. The monoisotopic (exact) mass is 633 g/mol. The van der Waals surface area contributed by atoms with E-state index in [9.17, 15) is 19.2 Å². The van der Waals surface area contributed by atoms with Crippen LogP contribution in [0.25, 0.3) is 0 Å². The number of carbonyl (C=O) groups excluding carboxylic acids is 3. The standard InChI is InChI=1S/C32H41Cl2N3O6/c1-32(2,3)43-31(41)37-14-12-22(21-11-13-36(4)26(38)17-21)24(18-37)30(40)35-29(20-9-10-20)23-15-19(16-25(33)28(23)34)7-6-8-27(39)42-5/h11,13,15-17,20,22,24,29H,6-10,12,14,18H2,1-5H3,(H,35,40). The Labute approximate surface area is 262 Å². The fourth-order valence-electron chi connectivity index (χ4n) is 5.62. The van der Waals surface area contributed by atoms with Crippen LogP contribution in [0.2, 0.25) is 10.0 Å². The van der Waals surface area contributed by atoms with Crippen molar-refractivity contribution in [2.24, 2.45) is 18.9 Å². The molecule has 2 aromatic rings. The second-order valence-corrected chi connectivity index (χ2v) is 13.4. The first-order valence-electron chi connectivity index (χ1n) is 14.8. The van der Waals surface area contributed by atoms with Gasteiger partial charge in [-0.1, -0.05) is 29.3 Å². The average molecular weight is 635 g/mol. The molecule has 9 nitrogen and oxygen atoms in total. The first-order valence-corrected chi connectivity index (χ1v) is 15.5. The Morgan fingerprint density at radius 2 is 1.84 bits per heavy atom. The lowest BCUT2D eigenvalue weighted by molar-refractivity contribution is -0.140. The Morgan fingerprint density at radius 1 is 1.12 bits per heavy atom. The highest BCUT2D eigenvalue weighted by Crippen LogP contribution is 2.45. The molecule has 1 aliphatic carbocycles. The lowest BCUT2D eigenvalue weighted by Gasteiger charge is -2.39. The van der Waals surface area contributed by atoms with E-state index in [1.54, 1.807) is 51.0 Å². The molecule has 1 saturated heterocycles. The van der Waals surface area contributed by atoms with Crippen LogP contribution in [0.5, 0.6) is 0 Å². The van der Waals surface area contributed by atoms with Gasteiger partial charge in [0.05, 0.1) is 29.1 Å². The maximum atomic E-state index is 14.2. The van der Waals surface area contributed by atoms with E-state index >= 15 is 0 Å². The first-order chi connectivity index (χ1) is 20.3. The van der Waals surface area contributed by atoms with E-state index in [-0.39, 0.29) is 48.3 Å². The molecule has 1 aromatic carbocycles. The lowest BCUT2D eigenvalue weighted by Crippen LogP contribution is -2.50. The summed E-state index contributed by atoms with van der Waals surface area (Å²) in [6, 6.07) is 6.81. The van der Waals surface area contributed by atoms with Crippen molar-refractivity contribution in [1.29, 1.82) is 0 Å². The summed E-state index contributed by atoms with van der Waals surface area (Å²) in [6.45, 7) is 5.97. The van der Waals surface area contributed by atoms with Crippen LogP contribution in [0.4, 0.5) is 4.79 Å². The number of amides is 2. The number of piperidine rings is 1. The van der Waals surface area contributed by atoms with Crippen molar-refractivity contribution in [2.45, 2.75) is 76.9 Å². The van der Waals surface area contributed by atoms with E-state index in [0.717, 1.165) is 29.5 Å². The number of aromatic nitrogens is 1. The van der Waals surface area contributed by atoms with E-state index in [1.165, 1.54) is 11.7 Å². The molecule has 2 fully saturated rings. The number of hydrogen-bond acceptors (Lipinski definition) is 6. The van der Waals surface area contributed by atoms with Gasteiger partial charge >= 0.3 is 12.1 Å². The molecule has 2 amide bonds. The van der Waals surface area contributed by atoms with Crippen molar-refractivity contribution < 1.29 is 23.9 Å². The second-order valence-electron chi connectivity index (χ2n) is 12.6. The zero-order chi connectivity index (χ0) is 31.5. The molecular formula is C32H41Cl2N3O6. The molecule has 1 aliphatic heterocycles. The van der Waals surface area contributed by atoms with E-state index in [2.05, 4.69) is 5.32 Å². The summed E-state index contributed by atoms with van der Waals surface area (Å²) in [5, 5.41) is 4.03. The van der Waals surface area contributed by atoms with Crippen molar-refractivity contribution >= 4 is 41.2 Å². The molecule has 1 N–H and O–H groups in total. The largest absolute Gasteiger partial charge is 0.469 e. The number of carbonyl (C=O) groups is 3. The number of esters is 1. The van der Waals surface area contributed by atoms with Crippen LogP contribution in [0.15, 0.2) is 35.3 Å². The van der Waals surface area contributed by atoms with E-state index in [4.69, 9.17) is 32.7 Å². The highest BCUT2D eigenvalue weighted by atomic mass is 35.5. The smallest absolute Gasteiger partial charge is 0.410 e. The van der Waals surface area contributed by atoms with Gasteiger partial charge in [-0.2, -0.15) is 0 Å². The van der Waals surface area contributed by atoms with Crippen LogP contribution in [0, 0.1) is 11.8 Å². The zero-order valence-corrected chi connectivity index (χ0v) is 27.0. The Hall–Kier alpha value is -3.04. The van der Waals surface area contributed by atoms with Gasteiger partial charge in [-0.25, -0.2) is 4.79 Å². The van der Waals surface area contributed by atoms with Gasteiger partial charge in [0.15, 0.2) is 0 Å². The predicted molar refractivity (Wildman–Crippen MR) is 165 cm³/mol. The number of ether oxygens (including phenoxy) is 2. The second kappa shape index (κ2) is 13.7. The van der Waals surface area contributed by atoms with Gasteiger partial charge in [0.1, 0.15) is 5.60 Å². The van der Waals surface area contributed by atoms with Crippen LogP contribution in [0.3, 0.4) is 0 Å². The van der Waals surface area contributed by atoms with Gasteiger partial charge < -0.3 is 24.3 Å². The minimum Gasteiger partial charge on any atom is -0.469 e. The SMILES string of the molecule is COC(=O)CCCc1cc(Cl)c(Cl)c(C(NC(=O)C2CN(C(=O)OC(C)(C)C)CCC2c2ccn(C)c(=O)c2)C2CC2)c1. The van der Waals surface area contributed by atoms with Crippen molar-refractivity contribution in [2.75, 3.05) is 20.2 Å². The number of aryl methyl sites for hydroxylation is 2. The Morgan fingerprint density at radius 3 is 2.47 bits per heavy atom. The molecule has 234 valence electrons. The lowest BCUT2D eigenvalue weighted by atomic mass is 9.80. The zero-order valence-electron chi connectivity index (χ0n) is 25.5. The number of nitrogens with zero attached hydrogens (tertiary/aromatic N) is 2. The van der Waals surface area contributed by atoms with E-state index in [0.29, 0.717) is 35.9 Å². The summed E-state index contributed by atoms with van der Waals surface area (Å²) in [5.41, 5.74) is 1.59. The van der Waals surface area contributed by atoms with E-state index < -0.39 is 17.6 Å². The van der Waals surface area contributed by atoms with E-state index in [1.807, 2.05) is 12.1 Å². The summed E-state index contributed by atoms with van der Waals surface area (Å²) in [4.78, 5) is 52.9. The number of nitrogens with one attached hydrogen (secondary N) is 1. The Balaban J connectivity index is 1.61. The molecule has 11 heteroatoms. The van der Waals surface area contributed by atoms with Crippen LogP contribution in [-0.4, -0.2) is 53.2 Å². The Kier molecular flexibility index (Phi) is 10.5. The number of rotatable bonds is 9. The number of likely N-dealkylation sites (tertiary alicyclic amines) is 1. The predicted octanol–water partition coefficient (Wildman–Crippen LogP) is 5.80. The average Bonchev–Trinajstić information content (AvgIpc) is 3.79. The third kappa shape index (κ3) is 8.54. The molecule has 0 bridgehead atoms. The third-order valence-corrected chi connectivity index (χ3v) is 8.89. The van der Waals surface area contributed by atoms with Gasteiger partial charge in [0, 0.05) is 38.8 Å². The maximum absolute atomic E-state index is 14.2. The number of halogens is 2. The summed E-state index contributed by atoms with van der Waals surface area (Å²) < 4.78 is 11.9. The quantitative estimate of drug-likeness (QED) is 0.350. The number of pyridine rings is 1. The van der Waals surface area contributed by atoms with Crippen molar-refractivity contribution in [3.8, 4) is 0 Å². The van der Waals surface area contributed by atoms with Crippen molar-refractivity contribution in [3.63, 3.8) is 0 Å². The summed E-state index contributed by atoms with van der Waals surface area (Å²) in [5.74, 6) is -1.19. The molecule has 43 heavy (non-hydrogen) atoms. The topological polar surface area (TPSA) is 107 Å². The molecule has 4 rings (SSSR count). The summed E-state index contributed by atoms with van der Waals surface area (Å²) >= 11 is 13.3. The summed E-state index contributed by atoms with van der Waals surface area (Å²) in [7, 11) is 3.05. The normalized spacial score (nSPS) is 19.5. The van der Waals surface area contributed by atoms with Gasteiger partial charge in [0.25, 0.3) is 5.56 Å². The molecule has 1 saturated carbocycles. The molecular weight excluding hydrogens is 593 g/mol. The molecule has 2 heterocycles. The minimum absolute atomic E-state index is 0.153. The van der Waals surface area contributed by atoms with Crippen LogP contribution in [-0.2, 0) is 32.5 Å². The van der Waals surface area contributed by atoms with Crippen LogP contribution < -0.4 is 10.9 Å². The number of hydrogen-bond donors (Lipinski definition) is 1. The summed E-state index contributed by atoms with van der Waals surface area (Å²) in [6.07, 6.45) is 5.06. The van der Waals surface area contributed by atoms with Crippen LogP contribution >= 0.6 is 23.2 Å². The van der Waals surface area contributed by atoms with Crippen molar-refractivity contribution in [1.82, 2.24) is 14.8 Å². The fraction of sp³-hybridized carbons (Fsp3) is 0.562. The first kappa shape index (κ1) is 32.9. The third-order valence-electron chi connectivity index (χ3n) is 8.07. The molecule has 3 unspecified atom stereocenters. The number of methoxy groups -OCH3 is 1. The fourth-order valence-corrected chi connectivity index (χ4v) is 6.10. The minimum atomic E-state index is -0.674. The molecule has 0 radical (unpaired) electrons. The van der Waals surface area contributed by atoms with Crippen molar-refractivity contribution in [3.05, 3.63) is 67.6 Å². The van der Waals surface area contributed by atoms with Gasteiger partial charge in [-0.05, 0) is 93.5 Å².